The predicted molar refractivity (Wildman–Crippen MR) is 134 cm³/mol. The van der Waals surface area contributed by atoms with Gasteiger partial charge in [-0.05, 0) is 60.1 Å². The van der Waals surface area contributed by atoms with E-state index in [1.807, 2.05) is 11.8 Å². The van der Waals surface area contributed by atoms with E-state index in [0.29, 0.717) is 10.9 Å². The number of hydrogen-bond donors (Lipinski definition) is 0. The Labute approximate surface area is 228 Å². The molecular weight excluding hydrogens is 603 g/mol. The smallest absolute Gasteiger partial charge is 0.460 e. The Kier molecular flexibility index (Phi) is 11.4. The number of halogens is 9. The summed E-state index contributed by atoms with van der Waals surface area (Å²) in [6.45, 7) is 2.27. The average molecular weight is 631 g/mol. The highest BCUT2D eigenvalue weighted by molar-refractivity contribution is 7.99. The third kappa shape index (κ3) is 7.91. The highest BCUT2D eigenvalue weighted by atomic mass is 32.2. The molecule has 3 rings (SSSR count). The molecular formula is C24H27F9O3S3. The Morgan fingerprint density at radius 2 is 1.38 bits per heavy atom. The van der Waals surface area contributed by atoms with Crippen LogP contribution in [-0.4, -0.2) is 53.5 Å². The fourth-order valence-corrected chi connectivity index (χ4v) is 7.33. The van der Waals surface area contributed by atoms with Gasteiger partial charge < -0.3 is 4.55 Å². The van der Waals surface area contributed by atoms with Crippen molar-refractivity contribution in [1.29, 1.82) is 0 Å². The molecule has 0 unspecified atom stereocenters. The molecule has 1 saturated heterocycles. The second kappa shape index (κ2) is 13.1. The van der Waals surface area contributed by atoms with Gasteiger partial charge >= 0.3 is 23.3 Å². The molecule has 3 nitrogen and oxygen atoms in total. The molecule has 0 radical (unpaired) electrons. The van der Waals surface area contributed by atoms with Crippen molar-refractivity contribution < 1.29 is 52.5 Å². The molecule has 1 heterocycles. The van der Waals surface area contributed by atoms with Gasteiger partial charge in [-0.2, -0.15) is 39.5 Å². The fourth-order valence-electron chi connectivity index (χ4n) is 3.60. The summed E-state index contributed by atoms with van der Waals surface area (Å²) in [5, 5.41) is -4.28. The van der Waals surface area contributed by atoms with Crippen molar-refractivity contribution in [2.75, 3.05) is 17.3 Å². The Balaban J connectivity index is 0.000000285. The number of fused-ring (bicyclic) bond motifs is 1. The molecule has 1 aliphatic rings. The van der Waals surface area contributed by atoms with Gasteiger partial charge in [-0.25, -0.2) is 8.42 Å². The van der Waals surface area contributed by atoms with E-state index in [4.69, 9.17) is 0 Å². The van der Waals surface area contributed by atoms with Crippen LogP contribution in [-0.2, 0) is 21.0 Å². The lowest BCUT2D eigenvalue weighted by Crippen LogP contribution is -2.63. The van der Waals surface area contributed by atoms with Crippen LogP contribution in [0.15, 0.2) is 46.2 Å². The number of hydrogen-bond acceptors (Lipinski definition) is 4. The van der Waals surface area contributed by atoms with Gasteiger partial charge in [0.25, 0.3) is 0 Å². The number of thioether (sulfide) groups is 1. The Hall–Kier alpha value is -1.32. The van der Waals surface area contributed by atoms with Crippen molar-refractivity contribution in [3.8, 4) is 0 Å². The molecule has 1 fully saturated rings. The predicted octanol–water partition coefficient (Wildman–Crippen LogP) is 8.24. The fraction of sp³-hybridized carbons (Fsp3) is 0.583. The lowest BCUT2D eigenvalue weighted by molar-refractivity contribution is -0.382. The van der Waals surface area contributed by atoms with Gasteiger partial charge in [0.05, 0.1) is 0 Å². The topological polar surface area (TPSA) is 57.2 Å². The lowest BCUT2D eigenvalue weighted by atomic mass is 10.1. The van der Waals surface area contributed by atoms with Crippen LogP contribution in [0.4, 0.5) is 39.5 Å². The summed E-state index contributed by atoms with van der Waals surface area (Å²) < 4.78 is 135. The van der Waals surface area contributed by atoms with Crippen molar-refractivity contribution in [3.63, 3.8) is 0 Å². The molecule has 0 bridgehead atoms. The largest absolute Gasteiger partial charge is 0.743 e. The SMILES string of the molecule is CCCCCCSc1ccc2cc([S+]3CCCC3)ccc2c1.O=S(=O)([O-])C(F)(F)C(F)(F)C(F)(F)C(F)(F)F. The van der Waals surface area contributed by atoms with E-state index in [9.17, 15) is 52.5 Å². The van der Waals surface area contributed by atoms with Gasteiger partial charge in [0.1, 0.15) is 11.5 Å². The van der Waals surface area contributed by atoms with Gasteiger partial charge in [-0.3, -0.25) is 0 Å². The molecule has 0 N–H and O–H groups in total. The second-order valence-electron chi connectivity index (χ2n) is 8.81. The van der Waals surface area contributed by atoms with Crippen LogP contribution in [0.25, 0.3) is 10.8 Å². The van der Waals surface area contributed by atoms with Crippen LogP contribution in [0, 0.1) is 0 Å². The van der Waals surface area contributed by atoms with Crippen molar-refractivity contribution in [2.45, 2.75) is 78.5 Å². The maximum absolute atomic E-state index is 12.2. The van der Waals surface area contributed by atoms with Crippen LogP contribution < -0.4 is 0 Å². The van der Waals surface area contributed by atoms with Gasteiger partial charge in [0.15, 0.2) is 15.0 Å². The first-order valence-corrected chi connectivity index (χ1v) is 15.8. The normalized spacial score (nSPS) is 15.9. The van der Waals surface area contributed by atoms with Crippen molar-refractivity contribution in [1.82, 2.24) is 0 Å². The average Bonchev–Trinajstić information content (AvgIpc) is 3.37. The zero-order valence-corrected chi connectivity index (χ0v) is 23.1. The highest BCUT2D eigenvalue weighted by Crippen LogP contribution is 2.54. The van der Waals surface area contributed by atoms with Crippen molar-refractivity contribution >= 4 is 43.5 Å². The van der Waals surface area contributed by atoms with Crippen LogP contribution >= 0.6 is 11.8 Å². The van der Waals surface area contributed by atoms with E-state index in [-0.39, 0.29) is 0 Å². The first kappa shape index (κ1) is 33.9. The van der Waals surface area contributed by atoms with Crippen molar-refractivity contribution in [2.24, 2.45) is 0 Å². The summed E-state index contributed by atoms with van der Waals surface area (Å²) in [6, 6.07) is 14.2. The minimum atomic E-state index is -7.43. The Morgan fingerprint density at radius 3 is 1.92 bits per heavy atom. The number of benzene rings is 2. The maximum Gasteiger partial charge on any atom is 0.460 e. The van der Waals surface area contributed by atoms with E-state index >= 15 is 0 Å². The van der Waals surface area contributed by atoms with Crippen LogP contribution in [0.5, 0.6) is 0 Å². The molecule has 2 aromatic carbocycles. The minimum Gasteiger partial charge on any atom is -0.743 e. The van der Waals surface area contributed by atoms with Gasteiger partial charge in [-0.15, -0.1) is 11.8 Å². The highest BCUT2D eigenvalue weighted by Gasteiger charge is 2.83. The molecule has 0 aliphatic carbocycles. The Bertz CT molecular complexity index is 1200. The van der Waals surface area contributed by atoms with E-state index in [2.05, 4.69) is 43.3 Å². The summed E-state index contributed by atoms with van der Waals surface area (Å²) in [6.07, 6.45) is 1.11. The van der Waals surface area contributed by atoms with Crippen LogP contribution in [0.3, 0.4) is 0 Å². The van der Waals surface area contributed by atoms with Crippen molar-refractivity contribution in [3.05, 3.63) is 36.4 Å². The maximum atomic E-state index is 12.2. The summed E-state index contributed by atoms with van der Waals surface area (Å²) >= 11 is 2.02. The second-order valence-corrected chi connectivity index (χ2v) is 13.7. The Morgan fingerprint density at radius 1 is 0.821 bits per heavy atom. The zero-order valence-electron chi connectivity index (χ0n) is 20.7. The van der Waals surface area contributed by atoms with E-state index in [0.717, 1.165) is 0 Å². The third-order valence-corrected chi connectivity index (χ3v) is 10.3. The molecule has 39 heavy (non-hydrogen) atoms. The first-order chi connectivity index (χ1) is 17.9. The van der Waals surface area contributed by atoms with E-state index < -0.39 is 33.4 Å². The van der Waals surface area contributed by atoms with E-state index in [1.165, 1.54) is 71.5 Å². The molecule has 222 valence electrons. The molecule has 0 atom stereocenters. The number of rotatable bonds is 10. The minimum absolute atomic E-state index is 0.535. The molecule has 15 heteroatoms. The molecule has 0 amide bonds. The number of alkyl halides is 9. The zero-order chi connectivity index (χ0) is 29.7. The first-order valence-electron chi connectivity index (χ1n) is 11.9. The standard InChI is InChI=1S/C20H27S2.C4HF9O3S/c1-2-3-4-5-12-21-19-10-8-18-16-20(11-9-17(18)15-19)22-13-6-7-14-22;5-1(6,3(9,10)11)2(7,8)4(12,13)17(14,15)16/h8-11,15-16H,2-7,12-14H2,1H3;(H,14,15,16)/q+1;/p-1. The molecule has 1 aliphatic heterocycles. The molecule has 0 aromatic heterocycles. The summed E-state index contributed by atoms with van der Waals surface area (Å²) in [5.74, 6) is -10.7. The van der Waals surface area contributed by atoms with Gasteiger partial charge in [0.2, 0.25) is 0 Å². The quantitative estimate of drug-likeness (QED) is 0.0873. The lowest BCUT2D eigenvalue weighted by Gasteiger charge is -2.34. The van der Waals surface area contributed by atoms with Crippen LogP contribution in [0.1, 0.15) is 45.4 Å². The van der Waals surface area contributed by atoms with Gasteiger partial charge in [0, 0.05) is 21.9 Å². The molecule has 0 saturated carbocycles. The molecule has 2 aromatic rings. The monoisotopic (exact) mass is 630 g/mol. The summed E-state index contributed by atoms with van der Waals surface area (Å²) in [4.78, 5) is 3.02. The third-order valence-electron chi connectivity index (χ3n) is 5.84. The van der Waals surface area contributed by atoms with Gasteiger partial charge in [-0.1, -0.05) is 32.3 Å². The summed E-state index contributed by atoms with van der Waals surface area (Å²) in [5.41, 5.74) is 0. The molecule has 0 spiro atoms. The van der Waals surface area contributed by atoms with Crippen LogP contribution in [0.2, 0.25) is 0 Å². The number of unbranched alkanes of at least 4 members (excludes halogenated alkanes) is 3. The van der Waals surface area contributed by atoms with E-state index in [1.54, 1.807) is 4.90 Å². The summed E-state index contributed by atoms with van der Waals surface area (Å²) in [7, 11) is -6.88.